The number of amides is 1. The maximum atomic E-state index is 11.9. The van der Waals surface area contributed by atoms with Crippen LogP contribution in [0, 0.1) is 0 Å². The highest BCUT2D eigenvalue weighted by Crippen LogP contribution is 2.25. The molecule has 0 saturated carbocycles. The van der Waals surface area contributed by atoms with Crippen molar-refractivity contribution in [2.75, 3.05) is 40.8 Å². The van der Waals surface area contributed by atoms with Gasteiger partial charge in [0.05, 0.1) is 19.1 Å². The molecule has 0 aromatic heterocycles. The first kappa shape index (κ1) is 18.5. The lowest BCUT2D eigenvalue weighted by molar-refractivity contribution is -0.136. The number of hydrogen-bond acceptors (Lipinski definition) is 4. The number of para-hydroxylation sites is 1. The van der Waals surface area contributed by atoms with Crippen LogP contribution in [0.2, 0.25) is 0 Å². The number of β-amino-alcohol motifs (C(OH)–C–C–N with tert-alkyl or cyclic N) is 1. The van der Waals surface area contributed by atoms with Crippen molar-refractivity contribution in [3.05, 3.63) is 35.9 Å². The predicted molar refractivity (Wildman–Crippen MR) is 96.0 cm³/mol. The summed E-state index contributed by atoms with van der Waals surface area (Å²) in [6.07, 6.45) is 5.89. The van der Waals surface area contributed by atoms with Gasteiger partial charge >= 0.3 is 0 Å². The van der Waals surface area contributed by atoms with Gasteiger partial charge in [-0.3, -0.25) is 9.69 Å². The number of carbonyl (C=O) groups excluding carboxylic acids is 1. The Balaban J connectivity index is 1.93. The molecule has 1 saturated heterocycles. The fourth-order valence-corrected chi connectivity index (χ4v) is 3.08. The van der Waals surface area contributed by atoms with E-state index in [4.69, 9.17) is 4.74 Å². The number of methoxy groups -OCH3 is 1. The Morgan fingerprint density at radius 2 is 2.17 bits per heavy atom. The van der Waals surface area contributed by atoms with Crippen LogP contribution in [0.25, 0.3) is 6.08 Å². The monoisotopic (exact) mass is 332 g/mol. The first-order chi connectivity index (χ1) is 11.4. The Hall–Kier alpha value is -1.85. The lowest BCUT2D eigenvalue weighted by atomic mass is 9.89. The largest absolute Gasteiger partial charge is 0.496 e. The number of piperidine rings is 1. The van der Waals surface area contributed by atoms with Crippen LogP contribution in [-0.2, 0) is 4.79 Å². The molecule has 5 nitrogen and oxygen atoms in total. The number of aliphatic hydroxyl groups is 1. The standard InChI is InChI=1S/C19H28N2O3/c1-20(2)18(22)14-19(23)11-7-13-21(15-19)12-6-9-16-8-4-5-10-17(16)24-3/h4-6,8-10,23H,7,11-15H2,1-3H3/b9-6+. The molecule has 0 aliphatic carbocycles. The summed E-state index contributed by atoms with van der Waals surface area (Å²) in [7, 11) is 5.11. The van der Waals surface area contributed by atoms with Gasteiger partial charge in [-0.25, -0.2) is 0 Å². The van der Waals surface area contributed by atoms with E-state index in [0.29, 0.717) is 13.0 Å². The molecule has 0 bridgehead atoms. The minimum Gasteiger partial charge on any atom is -0.496 e. The molecule has 1 fully saturated rings. The molecule has 5 heteroatoms. The van der Waals surface area contributed by atoms with E-state index in [-0.39, 0.29) is 12.3 Å². The number of rotatable bonds is 6. The van der Waals surface area contributed by atoms with Gasteiger partial charge in [-0.15, -0.1) is 0 Å². The zero-order valence-electron chi connectivity index (χ0n) is 14.9. The molecule has 1 aliphatic heterocycles. The topological polar surface area (TPSA) is 53.0 Å². The molecule has 1 atom stereocenters. The number of hydrogen-bond donors (Lipinski definition) is 1. The quantitative estimate of drug-likeness (QED) is 0.866. The summed E-state index contributed by atoms with van der Waals surface area (Å²) in [6.45, 7) is 2.22. The maximum Gasteiger partial charge on any atom is 0.224 e. The Morgan fingerprint density at radius 3 is 2.88 bits per heavy atom. The van der Waals surface area contributed by atoms with Gasteiger partial charge in [0.15, 0.2) is 0 Å². The van der Waals surface area contributed by atoms with E-state index < -0.39 is 5.60 Å². The molecule has 1 unspecified atom stereocenters. The second kappa shape index (κ2) is 8.31. The highest BCUT2D eigenvalue weighted by molar-refractivity contribution is 5.76. The zero-order valence-corrected chi connectivity index (χ0v) is 14.9. The third-order valence-electron chi connectivity index (χ3n) is 4.41. The van der Waals surface area contributed by atoms with Crippen LogP contribution in [0.1, 0.15) is 24.8 Å². The summed E-state index contributed by atoms with van der Waals surface area (Å²) in [6, 6.07) is 7.88. The van der Waals surface area contributed by atoms with Crippen molar-refractivity contribution in [2.24, 2.45) is 0 Å². The van der Waals surface area contributed by atoms with Crippen molar-refractivity contribution in [2.45, 2.75) is 24.9 Å². The third-order valence-corrected chi connectivity index (χ3v) is 4.41. The van der Waals surface area contributed by atoms with E-state index in [0.717, 1.165) is 30.8 Å². The molecular formula is C19H28N2O3. The Bertz CT molecular complexity index is 586. The van der Waals surface area contributed by atoms with E-state index in [1.807, 2.05) is 30.3 Å². The first-order valence-electron chi connectivity index (χ1n) is 8.38. The summed E-state index contributed by atoms with van der Waals surface area (Å²) >= 11 is 0. The van der Waals surface area contributed by atoms with Crippen molar-refractivity contribution < 1.29 is 14.6 Å². The molecule has 2 rings (SSSR count). The van der Waals surface area contributed by atoms with Crippen molar-refractivity contribution >= 4 is 12.0 Å². The van der Waals surface area contributed by atoms with E-state index in [2.05, 4.69) is 11.0 Å². The average molecular weight is 332 g/mol. The number of nitrogens with zero attached hydrogens (tertiary/aromatic N) is 2. The molecule has 1 aromatic carbocycles. The van der Waals surface area contributed by atoms with Gasteiger partial charge in [0.1, 0.15) is 5.75 Å². The first-order valence-corrected chi connectivity index (χ1v) is 8.38. The lowest BCUT2D eigenvalue weighted by Crippen LogP contribution is -2.50. The number of benzene rings is 1. The van der Waals surface area contributed by atoms with E-state index in [1.54, 1.807) is 26.1 Å². The Labute approximate surface area is 144 Å². The molecule has 0 spiro atoms. The van der Waals surface area contributed by atoms with Crippen molar-refractivity contribution in [1.82, 2.24) is 9.80 Å². The highest BCUT2D eigenvalue weighted by Gasteiger charge is 2.35. The number of likely N-dealkylation sites (tertiary alicyclic amines) is 1. The fourth-order valence-electron chi connectivity index (χ4n) is 3.08. The van der Waals surface area contributed by atoms with Crippen molar-refractivity contribution in [1.29, 1.82) is 0 Å². The van der Waals surface area contributed by atoms with Gasteiger partial charge < -0.3 is 14.7 Å². The van der Waals surface area contributed by atoms with Crippen molar-refractivity contribution in [3.8, 4) is 5.75 Å². The summed E-state index contributed by atoms with van der Waals surface area (Å²) < 4.78 is 5.34. The predicted octanol–water partition coefficient (Wildman–Crippen LogP) is 2.01. The smallest absolute Gasteiger partial charge is 0.224 e. The molecule has 1 aromatic rings. The zero-order chi connectivity index (χ0) is 17.6. The summed E-state index contributed by atoms with van der Waals surface area (Å²) in [5, 5.41) is 10.7. The Kier molecular flexibility index (Phi) is 6.40. The fraction of sp³-hybridized carbons (Fsp3) is 0.526. The van der Waals surface area contributed by atoms with E-state index in [9.17, 15) is 9.90 Å². The van der Waals surface area contributed by atoms with E-state index in [1.165, 1.54) is 0 Å². The van der Waals surface area contributed by atoms with Crippen LogP contribution < -0.4 is 4.74 Å². The third kappa shape index (κ3) is 5.08. The normalized spacial score (nSPS) is 21.8. The SMILES string of the molecule is COc1ccccc1/C=C/CN1CCCC(O)(CC(=O)N(C)C)C1. The lowest BCUT2D eigenvalue weighted by Gasteiger charge is -2.38. The maximum absolute atomic E-state index is 11.9. The second-order valence-electron chi connectivity index (χ2n) is 6.67. The molecule has 1 aliphatic rings. The minimum absolute atomic E-state index is 0.0242. The summed E-state index contributed by atoms with van der Waals surface area (Å²) in [5.74, 6) is 0.824. The van der Waals surface area contributed by atoms with Crippen LogP contribution in [0.5, 0.6) is 5.75 Å². The van der Waals surface area contributed by atoms with Gasteiger partial charge in [0.2, 0.25) is 5.91 Å². The summed E-state index contributed by atoms with van der Waals surface area (Å²) in [4.78, 5) is 15.6. The molecule has 1 N–H and O–H groups in total. The van der Waals surface area contributed by atoms with Crippen molar-refractivity contribution in [3.63, 3.8) is 0 Å². The van der Waals surface area contributed by atoms with Gasteiger partial charge in [-0.05, 0) is 25.5 Å². The van der Waals surface area contributed by atoms with E-state index >= 15 is 0 Å². The Morgan fingerprint density at radius 1 is 1.42 bits per heavy atom. The van der Waals surface area contributed by atoms with Gasteiger partial charge in [0, 0.05) is 32.7 Å². The second-order valence-corrected chi connectivity index (χ2v) is 6.67. The molecule has 1 amide bonds. The van der Waals surface area contributed by atoms with Crippen LogP contribution in [0.4, 0.5) is 0 Å². The molecule has 1 heterocycles. The molecule has 0 radical (unpaired) electrons. The minimum atomic E-state index is -0.919. The van der Waals surface area contributed by atoms with Gasteiger partial charge in [-0.2, -0.15) is 0 Å². The average Bonchev–Trinajstić information content (AvgIpc) is 2.55. The van der Waals surface area contributed by atoms with Crippen LogP contribution in [0.3, 0.4) is 0 Å². The number of ether oxygens (including phenoxy) is 1. The van der Waals surface area contributed by atoms with Gasteiger partial charge in [-0.1, -0.05) is 30.4 Å². The molecule has 24 heavy (non-hydrogen) atoms. The van der Waals surface area contributed by atoms with Gasteiger partial charge in [0.25, 0.3) is 0 Å². The summed E-state index contributed by atoms with van der Waals surface area (Å²) in [5.41, 5.74) is 0.118. The highest BCUT2D eigenvalue weighted by atomic mass is 16.5. The van der Waals surface area contributed by atoms with Crippen LogP contribution in [0.15, 0.2) is 30.3 Å². The van der Waals surface area contributed by atoms with Crippen LogP contribution in [-0.4, -0.2) is 67.3 Å². The molecule has 132 valence electrons. The van der Waals surface area contributed by atoms with Crippen LogP contribution >= 0.6 is 0 Å². The molecular weight excluding hydrogens is 304 g/mol. The number of carbonyl (C=O) groups is 1.